The van der Waals surface area contributed by atoms with Crippen molar-refractivity contribution in [1.82, 2.24) is 15.6 Å². The lowest BCUT2D eigenvalue weighted by atomic mass is 9.96. The summed E-state index contributed by atoms with van der Waals surface area (Å²) in [4.78, 5) is 10.7. The van der Waals surface area contributed by atoms with Crippen LogP contribution in [-0.4, -0.2) is 30.6 Å². The molecule has 1 saturated carbocycles. The van der Waals surface area contributed by atoms with Crippen molar-refractivity contribution in [3.63, 3.8) is 0 Å². The van der Waals surface area contributed by atoms with Gasteiger partial charge in [0.15, 0.2) is 5.96 Å². The van der Waals surface area contributed by atoms with E-state index in [1.165, 1.54) is 28.3 Å². The lowest BCUT2D eigenvalue weighted by molar-refractivity contribution is 0.692. The molecule has 0 amide bonds. The zero-order chi connectivity index (χ0) is 17.5. The van der Waals surface area contributed by atoms with E-state index >= 15 is 0 Å². The molecule has 0 unspecified atom stereocenters. The summed E-state index contributed by atoms with van der Waals surface area (Å²) in [5.41, 5.74) is 1.68. The van der Waals surface area contributed by atoms with Gasteiger partial charge in [-0.25, -0.2) is 4.98 Å². The highest BCUT2D eigenvalue weighted by atomic mass is 32.1. The van der Waals surface area contributed by atoms with Gasteiger partial charge in [0.05, 0.1) is 11.6 Å². The van der Waals surface area contributed by atoms with Crippen LogP contribution in [0, 0.1) is 0 Å². The standard InChI is InChI=1S/C20H28N4S/c1-3-17-14-23-18(25-17)10-13-22-19(21-4-2)24-15-20(11-12-20)16-8-6-5-7-9-16/h5-9,14H,3-4,10-13,15H2,1-2H3,(H2,21,22,24). The summed E-state index contributed by atoms with van der Waals surface area (Å²) in [6, 6.07) is 10.8. The molecule has 4 nitrogen and oxygen atoms in total. The molecule has 0 aliphatic heterocycles. The molecule has 2 aromatic rings. The number of aromatic nitrogens is 1. The van der Waals surface area contributed by atoms with Gasteiger partial charge in [0.25, 0.3) is 0 Å². The van der Waals surface area contributed by atoms with Crippen LogP contribution in [0.5, 0.6) is 0 Å². The number of aliphatic imine (C=N–C) groups is 1. The average Bonchev–Trinajstić information content (AvgIpc) is 3.31. The number of aryl methyl sites for hydroxylation is 1. The summed E-state index contributed by atoms with van der Waals surface area (Å²) < 4.78 is 0. The van der Waals surface area contributed by atoms with Crippen LogP contribution in [0.2, 0.25) is 0 Å². The van der Waals surface area contributed by atoms with E-state index < -0.39 is 0 Å². The Morgan fingerprint density at radius 3 is 2.64 bits per heavy atom. The summed E-state index contributed by atoms with van der Waals surface area (Å²) >= 11 is 1.81. The Kier molecular flexibility index (Phi) is 6.08. The first kappa shape index (κ1) is 17.9. The largest absolute Gasteiger partial charge is 0.357 e. The molecule has 1 aliphatic rings. The minimum Gasteiger partial charge on any atom is -0.357 e. The van der Waals surface area contributed by atoms with E-state index in [0.717, 1.165) is 38.4 Å². The van der Waals surface area contributed by atoms with Gasteiger partial charge in [-0.15, -0.1) is 11.3 Å². The third-order valence-electron chi connectivity index (χ3n) is 4.70. The van der Waals surface area contributed by atoms with Gasteiger partial charge in [0, 0.05) is 36.0 Å². The van der Waals surface area contributed by atoms with Crippen molar-refractivity contribution < 1.29 is 0 Å². The first-order valence-electron chi connectivity index (χ1n) is 9.27. The molecule has 0 radical (unpaired) electrons. The Hall–Kier alpha value is -1.88. The van der Waals surface area contributed by atoms with Gasteiger partial charge >= 0.3 is 0 Å². The second-order valence-corrected chi connectivity index (χ2v) is 7.79. The summed E-state index contributed by atoms with van der Waals surface area (Å²) in [7, 11) is 0. The number of nitrogens with zero attached hydrogens (tertiary/aromatic N) is 2. The second-order valence-electron chi connectivity index (χ2n) is 6.59. The lowest BCUT2D eigenvalue weighted by Crippen LogP contribution is -2.39. The summed E-state index contributed by atoms with van der Waals surface area (Å²) in [6.07, 6.45) is 6.48. The number of hydrogen-bond acceptors (Lipinski definition) is 3. The molecule has 0 saturated heterocycles. The van der Waals surface area contributed by atoms with E-state index in [9.17, 15) is 0 Å². The van der Waals surface area contributed by atoms with E-state index in [2.05, 4.69) is 59.8 Å². The van der Waals surface area contributed by atoms with Gasteiger partial charge in [0.1, 0.15) is 0 Å². The Balaban J connectivity index is 1.54. The maximum atomic E-state index is 4.85. The highest BCUT2D eigenvalue weighted by molar-refractivity contribution is 7.11. The highest BCUT2D eigenvalue weighted by Gasteiger charge is 2.43. The fourth-order valence-electron chi connectivity index (χ4n) is 2.97. The van der Waals surface area contributed by atoms with Crippen LogP contribution >= 0.6 is 11.3 Å². The van der Waals surface area contributed by atoms with Gasteiger partial charge in [0.2, 0.25) is 0 Å². The SMILES string of the molecule is CCNC(=NCC1(c2ccccc2)CC1)NCCc1ncc(CC)s1. The zero-order valence-electron chi connectivity index (χ0n) is 15.2. The van der Waals surface area contributed by atoms with E-state index in [0.29, 0.717) is 0 Å². The summed E-state index contributed by atoms with van der Waals surface area (Å²) in [5, 5.41) is 8.01. The monoisotopic (exact) mass is 356 g/mol. The average molecular weight is 357 g/mol. The van der Waals surface area contributed by atoms with E-state index in [1.807, 2.05) is 17.5 Å². The maximum Gasteiger partial charge on any atom is 0.191 e. The van der Waals surface area contributed by atoms with Gasteiger partial charge in [-0.3, -0.25) is 4.99 Å². The van der Waals surface area contributed by atoms with Crippen molar-refractivity contribution >= 4 is 17.3 Å². The Morgan fingerprint density at radius 2 is 2.00 bits per heavy atom. The molecule has 1 aromatic carbocycles. The van der Waals surface area contributed by atoms with Crippen molar-refractivity contribution in [2.24, 2.45) is 4.99 Å². The van der Waals surface area contributed by atoms with Crippen LogP contribution in [0.15, 0.2) is 41.5 Å². The van der Waals surface area contributed by atoms with Crippen molar-refractivity contribution in [1.29, 1.82) is 0 Å². The molecule has 0 bridgehead atoms. The fraction of sp³-hybridized carbons (Fsp3) is 0.500. The molecule has 25 heavy (non-hydrogen) atoms. The molecule has 5 heteroatoms. The number of guanidine groups is 1. The molecule has 1 aliphatic carbocycles. The van der Waals surface area contributed by atoms with Crippen molar-refractivity contribution in [2.45, 2.75) is 44.9 Å². The number of thiazole rings is 1. The van der Waals surface area contributed by atoms with Gasteiger partial charge in [-0.1, -0.05) is 37.3 Å². The molecule has 0 atom stereocenters. The summed E-state index contributed by atoms with van der Waals surface area (Å²) in [6.45, 7) is 6.87. The zero-order valence-corrected chi connectivity index (χ0v) is 16.0. The smallest absolute Gasteiger partial charge is 0.191 e. The highest BCUT2D eigenvalue weighted by Crippen LogP contribution is 2.48. The molecular formula is C20H28N4S. The molecule has 1 aromatic heterocycles. The number of rotatable bonds is 8. The topological polar surface area (TPSA) is 49.3 Å². The Labute approximate surface area is 154 Å². The van der Waals surface area contributed by atoms with Crippen molar-refractivity contribution in [3.05, 3.63) is 52.0 Å². The molecule has 3 rings (SSSR count). The van der Waals surface area contributed by atoms with Crippen LogP contribution in [0.25, 0.3) is 0 Å². The molecule has 0 spiro atoms. The molecule has 1 heterocycles. The minimum absolute atomic E-state index is 0.259. The quantitative estimate of drug-likeness (QED) is 0.562. The van der Waals surface area contributed by atoms with E-state index in [-0.39, 0.29) is 5.41 Å². The predicted molar refractivity (Wildman–Crippen MR) is 107 cm³/mol. The lowest BCUT2D eigenvalue weighted by Gasteiger charge is -2.15. The third-order valence-corrected chi connectivity index (χ3v) is 5.91. The Bertz CT molecular complexity index is 689. The minimum atomic E-state index is 0.259. The van der Waals surface area contributed by atoms with Crippen LogP contribution in [0.3, 0.4) is 0 Å². The summed E-state index contributed by atoms with van der Waals surface area (Å²) in [5.74, 6) is 0.914. The van der Waals surface area contributed by atoms with Crippen molar-refractivity contribution in [2.75, 3.05) is 19.6 Å². The van der Waals surface area contributed by atoms with Crippen LogP contribution in [0.4, 0.5) is 0 Å². The number of nitrogens with one attached hydrogen (secondary N) is 2. The molecule has 2 N–H and O–H groups in total. The maximum absolute atomic E-state index is 4.85. The number of benzene rings is 1. The molecule has 1 fully saturated rings. The fourth-order valence-corrected chi connectivity index (χ4v) is 3.83. The van der Waals surface area contributed by atoms with E-state index in [4.69, 9.17) is 4.99 Å². The van der Waals surface area contributed by atoms with Crippen molar-refractivity contribution in [3.8, 4) is 0 Å². The second kappa shape index (κ2) is 8.48. The van der Waals surface area contributed by atoms with E-state index in [1.54, 1.807) is 0 Å². The number of hydrogen-bond donors (Lipinski definition) is 2. The van der Waals surface area contributed by atoms with Gasteiger partial charge < -0.3 is 10.6 Å². The first-order valence-corrected chi connectivity index (χ1v) is 10.1. The van der Waals surface area contributed by atoms with Crippen LogP contribution in [0.1, 0.15) is 42.1 Å². The first-order chi connectivity index (χ1) is 12.3. The molecule has 134 valence electrons. The van der Waals surface area contributed by atoms with Gasteiger partial charge in [-0.2, -0.15) is 0 Å². The third kappa shape index (κ3) is 4.82. The van der Waals surface area contributed by atoms with Gasteiger partial charge in [-0.05, 0) is 31.7 Å². The van der Waals surface area contributed by atoms with Crippen LogP contribution < -0.4 is 10.6 Å². The normalized spacial score (nSPS) is 15.8. The Morgan fingerprint density at radius 1 is 1.20 bits per heavy atom. The molecular weight excluding hydrogens is 328 g/mol. The predicted octanol–water partition coefficient (Wildman–Crippen LogP) is 3.53. The van der Waals surface area contributed by atoms with Crippen LogP contribution in [-0.2, 0) is 18.3 Å².